The molecule has 0 aliphatic carbocycles. The molecule has 0 bridgehead atoms. The zero-order chi connectivity index (χ0) is 13.5. The summed E-state index contributed by atoms with van der Waals surface area (Å²) in [5.41, 5.74) is 7.25. The smallest absolute Gasteiger partial charge is 0.170 e. The summed E-state index contributed by atoms with van der Waals surface area (Å²) in [7, 11) is -0.787. The monoisotopic (exact) mass is 269 g/mol. The molecule has 0 aromatic heterocycles. The van der Waals surface area contributed by atoms with Gasteiger partial charge in [0, 0.05) is 41.0 Å². The van der Waals surface area contributed by atoms with E-state index >= 15 is 0 Å². The molecule has 0 fully saturated rings. The quantitative estimate of drug-likeness (QED) is 0.306. The fourth-order valence-electron chi connectivity index (χ4n) is 1.55. The molecule has 0 saturated carbocycles. The van der Waals surface area contributed by atoms with Crippen LogP contribution < -0.4 is 11.1 Å². The Morgan fingerprint density at radius 2 is 2.11 bits per heavy atom. The number of nitrogens with zero attached hydrogens (tertiary/aromatic N) is 1. The van der Waals surface area contributed by atoms with Crippen LogP contribution in [0.2, 0.25) is 0 Å². The third-order valence-electron chi connectivity index (χ3n) is 2.50. The fourth-order valence-corrected chi connectivity index (χ4v) is 2.38. The SMILES string of the molecule is CC(CS(C)=O)NCc1ccc(/C(N)=N/O)cc1. The molecular weight excluding hydrogens is 250 g/mol. The van der Waals surface area contributed by atoms with Gasteiger partial charge in [-0.3, -0.25) is 4.21 Å². The van der Waals surface area contributed by atoms with Crippen molar-refractivity contribution in [1.82, 2.24) is 5.32 Å². The van der Waals surface area contributed by atoms with Crippen molar-refractivity contribution >= 4 is 16.6 Å². The van der Waals surface area contributed by atoms with Crippen LogP contribution in [0.1, 0.15) is 18.1 Å². The van der Waals surface area contributed by atoms with Crippen LogP contribution in [0.4, 0.5) is 0 Å². The van der Waals surface area contributed by atoms with Crippen LogP contribution in [0.15, 0.2) is 29.4 Å². The second-order valence-electron chi connectivity index (χ2n) is 4.20. The Balaban J connectivity index is 2.51. The summed E-state index contributed by atoms with van der Waals surface area (Å²) in [6.07, 6.45) is 1.70. The Morgan fingerprint density at radius 3 is 2.61 bits per heavy atom. The van der Waals surface area contributed by atoms with Gasteiger partial charge in [0.1, 0.15) is 0 Å². The Labute approximate surface area is 110 Å². The van der Waals surface area contributed by atoms with Gasteiger partial charge in [-0.1, -0.05) is 29.4 Å². The Bertz CT molecular complexity index is 431. The van der Waals surface area contributed by atoms with Crippen LogP contribution in [0.3, 0.4) is 0 Å². The van der Waals surface area contributed by atoms with Gasteiger partial charge in [0.05, 0.1) is 0 Å². The lowest BCUT2D eigenvalue weighted by molar-refractivity contribution is 0.318. The van der Waals surface area contributed by atoms with Crippen molar-refractivity contribution in [3.63, 3.8) is 0 Å². The van der Waals surface area contributed by atoms with E-state index in [4.69, 9.17) is 10.9 Å². The normalized spacial score (nSPS) is 15.3. The number of nitrogens with one attached hydrogen (secondary N) is 1. The van der Waals surface area contributed by atoms with E-state index in [0.29, 0.717) is 17.9 Å². The topological polar surface area (TPSA) is 87.7 Å². The minimum Gasteiger partial charge on any atom is -0.409 e. The highest BCUT2D eigenvalue weighted by Crippen LogP contribution is 2.04. The van der Waals surface area contributed by atoms with Gasteiger partial charge in [-0.25, -0.2) is 0 Å². The number of benzene rings is 1. The summed E-state index contributed by atoms with van der Waals surface area (Å²) < 4.78 is 11.0. The van der Waals surface area contributed by atoms with E-state index in [1.54, 1.807) is 18.4 Å². The van der Waals surface area contributed by atoms with Crippen molar-refractivity contribution in [3.05, 3.63) is 35.4 Å². The molecule has 0 radical (unpaired) electrons. The largest absolute Gasteiger partial charge is 0.409 e. The molecule has 0 amide bonds. The lowest BCUT2D eigenvalue weighted by Crippen LogP contribution is -2.30. The molecular formula is C12H19N3O2S. The number of amidine groups is 1. The highest BCUT2D eigenvalue weighted by Gasteiger charge is 2.04. The molecule has 6 heteroatoms. The molecule has 0 heterocycles. The average molecular weight is 269 g/mol. The van der Waals surface area contributed by atoms with Gasteiger partial charge in [0.15, 0.2) is 5.84 Å². The van der Waals surface area contributed by atoms with Crippen LogP contribution in [-0.4, -0.2) is 33.3 Å². The summed E-state index contributed by atoms with van der Waals surface area (Å²) >= 11 is 0. The van der Waals surface area contributed by atoms with Crippen molar-refractivity contribution in [3.8, 4) is 0 Å². The van der Waals surface area contributed by atoms with Gasteiger partial charge in [-0.2, -0.15) is 0 Å². The Hall–Kier alpha value is -1.40. The Kier molecular flexibility index (Phi) is 5.80. The third kappa shape index (κ3) is 4.85. The number of hydrogen-bond acceptors (Lipinski definition) is 4. The van der Waals surface area contributed by atoms with Crippen LogP contribution in [0.25, 0.3) is 0 Å². The lowest BCUT2D eigenvalue weighted by atomic mass is 10.1. The minimum absolute atomic E-state index is 0.101. The fraction of sp³-hybridized carbons (Fsp3) is 0.417. The van der Waals surface area contributed by atoms with E-state index in [-0.39, 0.29) is 11.9 Å². The molecule has 18 heavy (non-hydrogen) atoms. The van der Waals surface area contributed by atoms with E-state index in [1.807, 2.05) is 19.1 Å². The van der Waals surface area contributed by atoms with Gasteiger partial charge in [-0.15, -0.1) is 0 Å². The molecule has 4 N–H and O–H groups in total. The van der Waals surface area contributed by atoms with Crippen molar-refractivity contribution in [2.45, 2.75) is 19.5 Å². The molecule has 5 nitrogen and oxygen atoms in total. The van der Waals surface area contributed by atoms with Crippen molar-refractivity contribution in [2.24, 2.45) is 10.9 Å². The van der Waals surface area contributed by atoms with Crippen LogP contribution in [0, 0.1) is 0 Å². The van der Waals surface area contributed by atoms with E-state index < -0.39 is 10.8 Å². The first-order valence-electron chi connectivity index (χ1n) is 5.63. The summed E-state index contributed by atoms with van der Waals surface area (Å²) in [5.74, 6) is 0.742. The zero-order valence-electron chi connectivity index (χ0n) is 10.6. The predicted molar refractivity (Wildman–Crippen MR) is 74.2 cm³/mol. The number of rotatable bonds is 6. The van der Waals surface area contributed by atoms with Gasteiger partial charge in [-0.05, 0) is 12.5 Å². The summed E-state index contributed by atoms with van der Waals surface area (Å²) in [4.78, 5) is 0. The van der Waals surface area contributed by atoms with Crippen LogP contribution in [-0.2, 0) is 17.3 Å². The summed E-state index contributed by atoms with van der Waals surface area (Å²) in [6, 6.07) is 7.63. The van der Waals surface area contributed by atoms with E-state index in [1.165, 1.54) is 0 Å². The highest BCUT2D eigenvalue weighted by atomic mass is 32.2. The van der Waals surface area contributed by atoms with Crippen molar-refractivity contribution in [1.29, 1.82) is 0 Å². The molecule has 0 aliphatic rings. The molecule has 1 aromatic rings. The lowest BCUT2D eigenvalue weighted by Gasteiger charge is -2.12. The maximum Gasteiger partial charge on any atom is 0.170 e. The molecule has 1 rings (SSSR count). The first kappa shape index (κ1) is 14.7. The molecule has 100 valence electrons. The molecule has 0 spiro atoms. The molecule has 0 aliphatic heterocycles. The van der Waals surface area contributed by atoms with Gasteiger partial charge in [0.25, 0.3) is 0 Å². The molecule has 0 saturated heterocycles. The first-order valence-corrected chi connectivity index (χ1v) is 7.36. The molecule has 2 unspecified atom stereocenters. The number of hydrogen-bond donors (Lipinski definition) is 3. The van der Waals surface area contributed by atoms with E-state index in [2.05, 4.69) is 10.5 Å². The third-order valence-corrected chi connectivity index (χ3v) is 3.47. The van der Waals surface area contributed by atoms with Crippen molar-refractivity contribution in [2.75, 3.05) is 12.0 Å². The zero-order valence-corrected chi connectivity index (χ0v) is 11.4. The second-order valence-corrected chi connectivity index (χ2v) is 5.68. The first-order chi connectivity index (χ1) is 8.52. The van der Waals surface area contributed by atoms with Crippen LogP contribution >= 0.6 is 0 Å². The van der Waals surface area contributed by atoms with E-state index in [0.717, 1.165) is 5.56 Å². The summed E-state index contributed by atoms with van der Waals surface area (Å²) in [6.45, 7) is 2.71. The molecule has 2 atom stereocenters. The average Bonchev–Trinajstić information content (AvgIpc) is 2.35. The predicted octanol–water partition coefficient (Wildman–Crippen LogP) is 0.638. The standard InChI is InChI=1S/C12H19N3O2S/c1-9(8-18(2)17)14-7-10-3-5-11(6-4-10)12(13)15-16/h3-6,9,14,16H,7-8H2,1-2H3,(H2,13,15). The maximum atomic E-state index is 11.0. The van der Waals surface area contributed by atoms with E-state index in [9.17, 15) is 4.21 Å². The van der Waals surface area contributed by atoms with Gasteiger partial charge in [0.2, 0.25) is 0 Å². The Morgan fingerprint density at radius 1 is 1.50 bits per heavy atom. The second kappa shape index (κ2) is 7.13. The van der Waals surface area contributed by atoms with Crippen molar-refractivity contribution < 1.29 is 9.42 Å². The highest BCUT2D eigenvalue weighted by molar-refractivity contribution is 7.84. The summed E-state index contributed by atoms with van der Waals surface area (Å²) in [5, 5.41) is 14.8. The van der Waals surface area contributed by atoms with Crippen LogP contribution in [0.5, 0.6) is 0 Å². The number of oxime groups is 1. The van der Waals surface area contributed by atoms with Gasteiger partial charge >= 0.3 is 0 Å². The minimum atomic E-state index is -0.787. The maximum absolute atomic E-state index is 11.0. The van der Waals surface area contributed by atoms with Gasteiger partial charge < -0.3 is 16.3 Å². The number of nitrogens with two attached hydrogens (primary N) is 1. The molecule has 1 aromatic carbocycles.